The summed E-state index contributed by atoms with van der Waals surface area (Å²) in [6, 6.07) is 7.39. The van der Waals surface area contributed by atoms with Gasteiger partial charge in [-0.05, 0) is 25.2 Å². The van der Waals surface area contributed by atoms with E-state index in [4.69, 9.17) is 4.74 Å². The molecule has 0 amide bonds. The molecule has 0 heterocycles. The van der Waals surface area contributed by atoms with Gasteiger partial charge < -0.3 is 9.64 Å². The number of carbonyl (C=O) groups excluding carboxylic acids is 1. The van der Waals surface area contributed by atoms with E-state index in [0.717, 1.165) is 19.6 Å². The van der Waals surface area contributed by atoms with Gasteiger partial charge in [-0.25, -0.2) is 0 Å². The van der Waals surface area contributed by atoms with Crippen molar-refractivity contribution in [3.05, 3.63) is 29.8 Å². The van der Waals surface area contributed by atoms with Crippen LogP contribution < -0.4 is 4.74 Å². The Hall–Kier alpha value is -1.35. The lowest BCUT2D eigenvalue weighted by molar-refractivity contribution is 0.0963. The second-order valence-corrected chi connectivity index (χ2v) is 3.90. The molecular formula is C14H21NO2. The molecule has 0 aliphatic rings. The Morgan fingerprint density at radius 2 is 1.88 bits per heavy atom. The smallest absolute Gasteiger partial charge is 0.167 e. The summed E-state index contributed by atoms with van der Waals surface area (Å²) in [6.07, 6.45) is 0.544. The number of ether oxygens (including phenoxy) is 1. The maximum atomic E-state index is 12.1. The normalized spacial score (nSPS) is 10.6. The third-order valence-electron chi connectivity index (χ3n) is 2.96. The van der Waals surface area contributed by atoms with E-state index in [9.17, 15) is 4.79 Å². The minimum atomic E-state index is 0.148. The third-order valence-corrected chi connectivity index (χ3v) is 2.96. The van der Waals surface area contributed by atoms with E-state index in [-0.39, 0.29) is 5.78 Å². The molecule has 0 saturated carbocycles. The van der Waals surface area contributed by atoms with Gasteiger partial charge in [0, 0.05) is 13.0 Å². The van der Waals surface area contributed by atoms with Crippen molar-refractivity contribution < 1.29 is 9.53 Å². The van der Waals surface area contributed by atoms with E-state index in [1.807, 2.05) is 24.3 Å². The number of para-hydroxylation sites is 1. The van der Waals surface area contributed by atoms with E-state index in [2.05, 4.69) is 18.7 Å². The van der Waals surface area contributed by atoms with E-state index >= 15 is 0 Å². The predicted molar refractivity (Wildman–Crippen MR) is 69.7 cm³/mol. The average Bonchev–Trinajstić information content (AvgIpc) is 2.39. The SMILES string of the molecule is CCN(CC)CCC(=O)c1ccccc1OC. The van der Waals surface area contributed by atoms with Gasteiger partial charge in [0.15, 0.2) is 5.78 Å². The summed E-state index contributed by atoms with van der Waals surface area (Å²) in [5, 5.41) is 0. The van der Waals surface area contributed by atoms with Crippen LogP contribution in [0.4, 0.5) is 0 Å². The maximum absolute atomic E-state index is 12.1. The van der Waals surface area contributed by atoms with Gasteiger partial charge >= 0.3 is 0 Å². The molecule has 3 nitrogen and oxygen atoms in total. The summed E-state index contributed by atoms with van der Waals surface area (Å²) >= 11 is 0. The van der Waals surface area contributed by atoms with Crippen LogP contribution in [-0.4, -0.2) is 37.4 Å². The Bertz CT molecular complexity index is 359. The standard InChI is InChI=1S/C14H21NO2/c1-4-15(5-2)11-10-13(16)12-8-6-7-9-14(12)17-3/h6-9H,4-5,10-11H2,1-3H3. The van der Waals surface area contributed by atoms with Crippen molar-refractivity contribution >= 4 is 5.78 Å². The molecule has 3 heteroatoms. The summed E-state index contributed by atoms with van der Waals surface area (Å²) in [6.45, 7) is 6.99. The van der Waals surface area contributed by atoms with Crippen molar-refractivity contribution in [2.45, 2.75) is 20.3 Å². The molecule has 1 rings (SSSR count). The maximum Gasteiger partial charge on any atom is 0.167 e. The molecule has 1 aromatic rings. The summed E-state index contributed by atoms with van der Waals surface area (Å²) < 4.78 is 5.19. The number of ketones is 1. The van der Waals surface area contributed by atoms with Crippen LogP contribution in [0.5, 0.6) is 5.75 Å². The lowest BCUT2D eigenvalue weighted by Gasteiger charge is -2.17. The van der Waals surface area contributed by atoms with E-state index in [1.54, 1.807) is 7.11 Å². The molecule has 0 fully saturated rings. The van der Waals surface area contributed by atoms with Gasteiger partial charge in [-0.3, -0.25) is 4.79 Å². The summed E-state index contributed by atoms with van der Waals surface area (Å²) in [5.41, 5.74) is 0.683. The minimum Gasteiger partial charge on any atom is -0.496 e. The molecule has 0 unspecified atom stereocenters. The first kappa shape index (κ1) is 13.7. The third kappa shape index (κ3) is 3.86. The Morgan fingerprint density at radius 1 is 1.24 bits per heavy atom. The molecule has 0 aliphatic heterocycles. The second-order valence-electron chi connectivity index (χ2n) is 3.90. The van der Waals surface area contributed by atoms with Crippen molar-refractivity contribution in [1.29, 1.82) is 0 Å². The number of hydrogen-bond donors (Lipinski definition) is 0. The van der Waals surface area contributed by atoms with Crippen LogP contribution >= 0.6 is 0 Å². The van der Waals surface area contributed by atoms with E-state index in [0.29, 0.717) is 17.7 Å². The molecule has 0 N–H and O–H groups in total. The highest BCUT2D eigenvalue weighted by atomic mass is 16.5. The topological polar surface area (TPSA) is 29.5 Å². The molecule has 0 saturated heterocycles. The lowest BCUT2D eigenvalue weighted by atomic mass is 10.1. The summed E-state index contributed by atoms with van der Waals surface area (Å²) in [5.74, 6) is 0.811. The Kier molecular flexibility index (Phi) is 5.70. The number of carbonyl (C=O) groups is 1. The molecule has 0 atom stereocenters. The zero-order chi connectivity index (χ0) is 12.7. The fourth-order valence-corrected chi connectivity index (χ4v) is 1.81. The molecule has 0 radical (unpaired) electrons. The highest BCUT2D eigenvalue weighted by Gasteiger charge is 2.12. The Balaban J connectivity index is 2.63. The van der Waals surface area contributed by atoms with Crippen LogP contribution in [0.2, 0.25) is 0 Å². The number of Topliss-reactive ketones (excluding diaryl/α,β-unsaturated/α-hetero) is 1. The number of nitrogens with zero attached hydrogens (tertiary/aromatic N) is 1. The van der Waals surface area contributed by atoms with Gasteiger partial charge in [0.25, 0.3) is 0 Å². The first-order valence-electron chi connectivity index (χ1n) is 6.11. The van der Waals surface area contributed by atoms with Crippen molar-refractivity contribution in [3.8, 4) is 5.75 Å². The predicted octanol–water partition coefficient (Wildman–Crippen LogP) is 2.61. The van der Waals surface area contributed by atoms with Crippen molar-refractivity contribution in [2.75, 3.05) is 26.7 Å². The van der Waals surface area contributed by atoms with Gasteiger partial charge in [0.1, 0.15) is 5.75 Å². The van der Waals surface area contributed by atoms with Crippen LogP contribution in [0.3, 0.4) is 0 Å². The van der Waals surface area contributed by atoms with E-state index in [1.165, 1.54) is 0 Å². The van der Waals surface area contributed by atoms with Crippen molar-refractivity contribution in [1.82, 2.24) is 4.90 Å². The van der Waals surface area contributed by atoms with E-state index < -0.39 is 0 Å². The van der Waals surface area contributed by atoms with Crippen LogP contribution in [0.15, 0.2) is 24.3 Å². The number of benzene rings is 1. The molecular weight excluding hydrogens is 214 g/mol. The molecule has 94 valence electrons. The zero-order valence-corrected chi connectivity index (χ0v) is 10.9. The molecule has 0 aromatic heterocycles. The summed E-state index contributed by atoms with van der Waals surface area (Å²) in [7, 11) is 1.59. The largest absolute Gasteiger partial charge is 0.496 e. The summed E-state index contributed by atoms with van der Waals surface area (Å²) in [4.78, 5) is 14.3. The lowest BCUT2D eigenvalue weighted by Crippen LogP contribution is -2.25. The Morgan fingerprint density at radius 3 is 2.47 bits per heavy atom. The molecule has 1 aromatic carbocycles. The molecule has 0 bridgehead atoms. The number of hydrogen-bond acceptors (Lipinski definition) is 3. The fraction of sp³-hybridized carbons (Fsp3) is 0.500. The highest BCUT2D eigenvalue weighted by molar-refractivity contribution is 5.98. The first-order chi connectivity index (χ1) is 8.22. The zero-order valence-electron chi connectivity index (χ0n) is 10.9. The highest BCUT2D eigenvalue weighted by Crippen LogP contribution is 2.18. The fourth-order valence-electron chi connectivity index (χ4n) is 1.81. The minimum absolute atomic E-state index is 0.148. The molecule has 17 heavy (non-hydrogen) atoms. The van der Waals surface area contributed by atoms with Crippen LogP contribution in [-0.2, 0) is 0 Å². The number of rotatable bonds is 7. The van der Waals surface area contributed by atoms with Crippen LogP contribution in [0, 0.1) is 0 Å². The van der Waals surface area contributed by atoms with Gasteiger partial charge in [-0.2, -0.15) is 0 Å². The second kappa shape index (κ2) is 7.07. The van der Waals surface area contributed by atoms with Crippen LogP contribution in [0.25, 0.3) is 0 Å². The Labute approximate surface area is 103 Å². The molecule has 0 spiro atoms. The van der Waals surface area contributed by atoms with Crippen LogP contribution in [0.1, 0.15) is 30.6 Å². The van der Waals surface area contributed by atoms with Crippen molar-refractivity contribution in [2.24, 2.45) is 0 Å². The monoisotopic (exact) mass is 235 g/mol. The average molecular weight is 235 g/mol. The van der Waals surface area contributed by atoms with Gasteiger partial charge in [0.05, 0.1) is 12.7 Å². The number of methoxy groups -OCH3 is 1. The quantitative estimate of drug-likeness (QED) is 0.680. The van der Waals surface area contributed by atoms with Gasteiger partial charge in [-0.1, -0.05) is 26.0 Å². The molecule has 0 aliphatic carbocycles. The van der Waals surface area contributed by atoms with Gasteiger partial charge in [0.2, 0.25) is 0 Å². The van der Waals surface area contributed by atoms with Gasteiger partial charge in [-0.15, -0.1) is 0 Å². The first-order valence-corrected chi connectivity index (χ1v) is 6.11. The van der Waals surface area contributed by atoms with Crippen molar-refractivity contribution in [3.63, 3.8) is 0 Å².